The molecule has 0 unspecified atom stereocenters. The van der Waals surface area contributed by atoms with Crippen LogP contribution in [0.15, 0.2) is 255 Å². The van der Waals surface area contributed by atoms with Crippen molar-refractivity contribution in [3.05, 3.63) is 266 Å². The standard InChI is InChI=1S/C75H48N8S/c1-75(2)61-33-15-12-30-53(61)58-44-65-60(43-62(58)75)59-42-51(36-39-64(59)82(65)73-78-69(45-20-6-3-7-21-45)76-70(79-73)46-22-8-4-9-23-46)49-27-18-26-48(40-49)50-28-19-29-52(41-50)72-77-71(47-24-10-5-11-25-47)80-74(81-72)83-63-34-16-13-31-54(63)56-37-38-57-55-32-14-17-35-66(55)84-68(57)67(56)83/h3-44H,1-2H3. The van der Waals surface area contributed by atoms with Crippen LogP contribution in [0.1, 0.15) is 25.0 Å². The van der Waals surface area contributed by atoms with Gasteiger partial charge in [0.1, 0.15) is 0 Å². The summed E-state index contributed by atoms with van der Waals surface area (Å²) >= 11 is 1.82. The van der Waals surface area contributed by atoms with Crippen molar-refractivity contribution in [1.82, 2.24) is 39.0 Å². The minimum atomic E-state index is -0.202. The summed E-state index contributed by atoms with van der Waals surface area (Å²) in [6.45, 7) is 4.69. The molecule has 0 atom stereocenters. The molecule has 11 aromatic carbocycles. The van der Waals surface area contributed by atoms with Crippen LogP contribution >= 0.6 is 11.3 Å². The van der Waals surface area contributed by atoms with Gasteiger partial charge in [-0.1, -0.05) is 220 Å². The molecule has 0 amide bonds. The fourth-order valence-electron chi connectivity index (χ4n) is 13.0. The van der Waals surface area contributed by atoms with Gasteiger partial charge in [-0.15, -0.1) is 11.3 Å². The molecule has 0 N–H and O–H groups in total. The minimum Gasteiger partial charge on any atom is -0.278 e. The van der Waals surface area contributed by atoms with E-state index in [1.807, 2.05) is 65.9 Å². The summed E-state index contributed by atoms with van der Waals surface area (Å²) in [6.07, 6.45) is 0. The molecule has 8 nitrogen and oxygen atoms in total. The first kappa shape index (κ1) is 48.0. The lowest BCUT2D eigenvalue weighted by Crippen LogP contribution is -2.14. The number of para-hydroxylation sites is 1. The van der Waals surface area contributed by atoms with Crippen molar-refractivity contribution in [1.29, 1.82) is 0 Å². The Morgan fingerprint density at radius 3 is 1.45 bits per heavy atom. The number of hydrogen-bond donors (Lipinski definition) is 0. The Hall–Kier alpha value is -10.7. The molecular weight excluding hydrogens is 1040 g/mol. The van der Waals surface area contributed by atoms with Gasteiger partial charge in [-0.25, -0.2) is 9.97 Å². The largest absolute Gasteiger partial charge is 0.278 e. The lowest BCUT2D eigenvalue weighted by atomic mass is 9.82. The fraction of sp³-hybridized carbons (Fsp3) is 0.0400. The van der Waals surface area contributed by atoms with E-state index in [0.29, 0.717) is 35.2 Å². The molecule has 0 fully saturated rings. The summed E-state index contributed by atoms with van der Waals surface area (Å²) in [4.78, 5) is 31.7. The second-order valence-electron chi connectivity index (χ2n) is 22.3. The molecular formula is C75H48N8S. The van der Waals surface area contributed by atoms with E-state index in [0.717, 1.165) is 88.1 Å². The average Bonchev–Trinajstić information content (AvgIpc) is 1.77. The number of aromatic nitrogens is 8. The van der Waals surface area contributed by atoms with Crippen LogP contribution in [-0.4, -0.2) is 39.0 Å². The lowest BCUT2D eigenvalue weighted by molar-refractivity contribution is 0.661. The summed E-state index contributed by atoms with van der Waals surface area (Å²) < 4.78 is 6.95. The maximum atomic E-state index is 5.42. The van der Waals surface area contributed by atoms with Crippen molar-refractivity contribution >= 4 is 75.1 Å². The molecule has 0 saturated heterocycles. The molecule has 84 heavy (non-hydrogen) atoms. The van der Waals surface area contributed by atoms with Gasteiger partial charge in [0.2, 0.25) is 11.9 Å². The minimum absolute atomic E-state index is 0.202. The maximum absolute atomic E-state index is 5.42. The Kier molecular flexibility index (Phi) is 10.7. The zero-order valence-corrected chi connectivity index (χ0v) is 46.6. The van der Waals surface area contributed by atoms with Crippen LogP contribution in [0.2, 0.25) is 0 Å². The van der Waals surface area contributed by atoms with Gasteiger partial charge in [-0.2, -0.15) is 19.9 Å². The van der Waals surface area contributed by atoms with E-state index in [9.17, 15) is 0 Å². The highest BCUT2D eigenvalue weighted by Crippen LogP contribution is 2.51. The molecule has 1 aliphatic carbocycles. The maximum Gasteiger partial charge on any atom is 0.238 e. The van der Waals surface area contributed by atoms with Gasteiger partial charge >= 0.3 is 0 Å². The normalized spacial score (nSPS) is 12.7. The SMILES string of the molecule is CC1(C)c2ccccc2-c2cc3c(cc21)c1cc(-c2cccc(-c4cccc(-c5nc(-c6ccccc6)nc(-n6c7ccccc7c7ccc8c9ccccc9sc8c76)n5)c4)c2)ccc1n3-c1nc(-c2ccccc2)nc(-c2ccccc2)n1. The molecule has 394 valence electrons. The molecule has 9 heteroatoms. The molecule has 0 spiro atoms. The molecule has 5 aromatic heterocycles. The first-order valence-electron chi connectivity index (χ1n) is 28.3. The van der Waals surface area contributed by atoms with Crippen molar-refractivity contribution in [2.24, 2.45) is 0 Å². The zero-order chi connectivity index (χ0) is 55.6. The summed E-state index contributed by atoms with van der Waals surface area (Å²) in [5.41, 5.74) is 17.1. The van der Waals surface area contributed by atoms with Gasteiger partial charge in [0.15, 0.2) is 23.3 Å². The fourth-order valence-corrected chi connectivity index (χ4v) is 14.2. The van der Waals surface area contributed by atoms with Gasteiger partial charge in [-0.05, 0) is 93.0 Å². The number of rotatable bonds is 8. The van der Waals surface area contributed by atoms with Crippen molar-refractivity contribution < 1.29 is 0 Å². The number of fused-ring (bicyclic) bond motifs is 13. The van der Waals surface area contributed by atoms with Crippen LogP contribution in [0.4, 0.5) is 0 Å². The van der Waals surface area contributed by atoms with Gasteiger partial charge < -0.3 is 0 Å². The van der Waals surface area contributed by atoms with E-state index >= 15 is 0 Å². The molecule has 17 rings (SSSR count). The molecule has 0 radical (unpaired) electrons. The molecule has 0 aliphatic heterocycles. The summed E-state index contributed by atoms with van der Waals surface area (Å²) in [7, 11) is 0. The van der Waals surface area contributed by atoms with Crippen molar-refractivity contribution in [3.8, 4) is 90.8 Å². The molecule has 16 aromatic rings. The van der Waals surface area contributed by atoms with Gasteiger partial charge in [0.05, 0.1) is 26.8 Å². The second kappa shape index (κ2) is 18.7. The van der Waals surface area contributed by atoms with Crippen molar-refractivity contribution in [2.75, 3.05) is 0 Å². The monoisotopic (exact) mass is 1090 g/mol. The Labute approximate surface area is 487 Å². The zero-order valence-electron chi connectivity index (χ0n) is 45.7. The number of nitrogens with zero attached hydrogens (tertiary/aromatic N) is 8. The summed E-state index contributed by atoms with van der Waals surface area (Å²) in [5, 5.41) is 7.04. The van der Waals surface area contributed by atoms with Crippen LogP contribution in [0.5, 0.6) is 0 Å². The van der Waals surface area contributed by atoms with E-state index in [1.165, 1.54) is 42.4 Å². The van der Waals surface area contributed by atoms with Crippen LogP contribution in [0.25, 0.3) is 155 Å². The van der Waals surface area contributed by atoms with E-state index < -0.39 is 0 Å². The third-order valence-corrected chi connectivity index (χ3v) is 18.2. The number of hydrogen-bond acceptors (Lipinski definition) is 7. The van der Waals surface area contributed by atoms with E-state index in [-0.39, 0.29) is 5.41 Å². The molecule has 1 aliphatic rings. The Morgan fingerprint density at radius 2 is 0.786 bits per heavy atom. The summed E-state index contributed by atoms with van der Waals surface area (Å²) in [6, 6.07) is 90.3. The predicted octanol–water partition coefficient (Wildman–Crippen LogP) is 18.9. The van der Waals surface area contributed by atoms with Crippen LogP contribution in [-0.2, 0) is 5.41 Å². The van der Waals surface area contributed by atoms with Crippen LogP contribution < -0.4 is 0 Å². The van der Waals surface area contributed by atoms with Gasteiger partial charge in [-0.3, -0.25) is 9.13 Å². The van der Waals surface area contributed by atoms with Crippen LogP contribution in [0, 0.1) is 0 Å². The highest BCUT2D eigenvalue weighted by Gasteiger charge is 2.36. The van der Waals surface area contributed by atoms with Crippen molar-refractivity contribution in [2.45, 2.75) is 19.3 Å². The van der Waals surface area contributed by atoms with Crippen LogP contribution in [0.3, 0.4) is 0 Å². The smallest absolute Gasteiger partial charge is 0.238 e. The second-order valence-corrected chi connectivity index (χ2v) is 23.3. The predicted molar refractivity (Wildman–Crippen MR) is 345 cm³/mol. The highest BCUT2D eigenvalue weighted by atomic mass is 32.1. The van der Waals surface area contributed by atoms with E-state index in [1.54, 1.807) is 0 Å². The molecule has 5 heterocycles. The first-order valence-corrected chi connectivity index (χ1v) is 29.2. The lowest BCUT2D eigenvalue weighted by Gasteiger charge is -2.21. The van der Waals surface area contributed by atoms with Crippen molar-refractivity contribution in [3.63, 3.8) is 0 Å². The Morgan fingerprint density at radius 1 is 0.298 bits per heavy atom. The van der Waals surface area contributed by atoms with Gasteiger partial charge in [0.25, 0.3) is 0 Å². The third kappa shape index (κ3) is 7.52. The summed E-state index contributed by atoms with van der Waals surface area (Å²) in [5.74, 6) is 3.56. The number of thiophene rings is 1. The first-order chi connectivity index (χ1) is 41.4. The average molecular weight is 1090 g/mol. The Bertz CT molecular complexity index is 5290. The quantitative estimate of drug-likeness (QED) is 0.151. The number of benzene rings is 11. The molecule has 0 saturated carbocycles. The topological polar surface area (TPSA) is 87.2 Å². The highest BCUT2D eigenvalue weighted by molar-refractivity contribution is 7.26. The molecule has 0 bridgehead atoms. The van der Waals surface area contributed by atoms with E-state index in [4.69, 9.17) is 29.9 Å². The van der Waals surface area contributed by atoms with E-state index in [2.05, 4.69) is 223 Å². The Balaban J connectivity index is 0.816. The third-order valence-electron chi connectivity index (χ3n) is 17.0. The van der Waals surface area contributed by atoms with Gasteiger partial charge in [0, 0.05) is 64.7 Å².